The molecule has 0 aromatic carbocycles. The number of hydrogen-bond donors (Lipinski definition) is 1. The van der Waals surface area contributed by atoms with Gasteiger partial charge < -0.3 is 5.32 Å². The molecule has 0 bridgehead atoms. The van der Waals surface area contributed by atoms with Crippen molar-refractivity contribution in [2.75, 3.05) is 5.32 Å². The summed E-state index contributed by atoms with van der Waals surface area (Å²) in [6, 6.07) is 0. The minimum absolute atomic E-state index is 0.0327. The van der Waals surface area contributed by atoms with Crippen LogP contribution >= 0.6 is 0 Å². The molecule has 0 saturated heterocycles. The molecular weight excluding hydrogens is 290 g/mol. The number of nitrogens with zero attached hydrogens (tertiary/aromatic N) is 4. The van der Waals surface area contributed by atoms with Gasteiger partial charge in [-0.1, -0.05) is 19.8 Å². The number of nitrogens with one attached hydrogen (secondary N) is 1. The Kier molecular flexibility index (Phi) is 3.25. The lowest BCUT2D eigenvalue weighted by Gasteiger charge is -2.16. The average molecular weight is 315 g/mol. The lowest BCUT2D eigenvalue weighted by molar-refractivity contribution is 0.494. The van der Waals surface area contributed by atoms with Crippen LogP contribution in [0.15, 0.2) is 4.79 Å². The standard InChI is InChI=1S/C17H25N5O/c1-4-9-21-14-12(18-13(19-14)11-7-5-6-8-11)15-20-17(2,3)10-22(15)16(21)23/h11,20H,4-10H2,1-3H3. The van der Waals surface area contributed by atoms with E-state index in [1.165, 1.54) is 25.7 Å². The molecule has 0 spiro atoms. The van der Waals surface area contributed by atoms with Gasteiger partial charge in [-0.2, -0.15) is 0 Å². The van der Waals surface area contributed by atoms with E-state index >= 15 is 0 Å². The molecule has 3 heterocycles. The maximum absolute atomic E-state index is 12.9. The van der Waals surface area contributed by atoms with E-state index in [9.17, 15) is 4.79 Å². The number of fused-ring (bicyclic) bond motifs is 3. The molecule has 1 saturated carbocycles. The molecule has 3 aliphatic heterocycles. The van der Waals surface area contributed by atoms with Gasteiger partial charge in [0.15, 0.2) is 5.82 Å². The van der Waals surface area contributed by atoms with Crippen LogP contribution in [0.5, 0.6) is 0 Å². The fraction of sp³-hybridized carbons (Fsp3) is 0.706. The molecule has 1 fully saturated rings. The Morgan fingerprint density at radius 3 is 2.70 bits per heavy atom. The topological polar surface area (TPSA) is 64.7 Å². The molecule has 124 valence electrons. The summed E-state index contributed by atoms with van der Waals surface area (Å²) in [6.07, 6.45) is 5.77. The zero-order chi connectivity index (χ0) is 16.2. The number of hydrogen-bond acceptors (Lipinski definition) is 4. The van der Waals surface area contributed by atoms with E-state index in [0.29, 0.717) is 19.0 Å². The molecule has 4 rings (SSSR count). The summed E-state index contributed by atoms with van der Waals surface area (Å²) >= 11 is 0. The van der Waals surface area contributed by atoms with E-state index in [2.05, 4.69) is 26.1 Å². The number of rotatable bonds is 3. The van der Waals surface area contributed by atoms with Crippen molar-refractivity contribution in [3.63, 3.8) is 0 Å². The van der Waals surface area contributed by atoms with Crippen LogP contribution in [0.25, 0.3) is 11.5 Å². The Labute approximate surface area is 136 Å². The summed E-state index contributed by atoms with van der Waals surface area (Å²) in [7, 11) is 0. The average Bonchev–Trinajstić information content (AvgIpc) is 3.19. The minimum Gasteiger partial charge on any atom is -0.363 e. The van der Waals surface area contributed by atoms with Gasteiger partial charge in [-0.05, 0) is 33.1 Å². The van der Waals surface area contributed by atoms with Crippen molar-refractivity contribution in [1.29, 1.82) is 0 Å². The molecule has 6 nitrogen and oxygen atoms in total. The highest BCUT2D eigenvalue weighted by atomic mass is 16.1. The van der Waals surface area contributed by atoms with E-state index in [1.54, 1.807) is 0 Å². The summed E-state index contributed by atoms with van der Waals surface area (Å²) in [5, 5.41) is 3.48. The van der Waals surface area contributed by atoms with E-state index in [-0.39, 0.29) is 11.2 Å². The summed E-state index contributed by atoms with van der Waals surface area (Å²) < 4.78 is 3.65. The lowest BCUT2D eigenvalue weighted by atomic mass is 10.1. The highest BCUT2D eigenvalue weighted by molar-refractivity contribution is 5.70. The molecule has 6 heteroatoms. The SMILES string of the molecule is CCCn1c2nc(C3CCCC3)nc-2c2n(c1=O)CC(C)(C)N2. The van der Waals surface area contributed by atoms with Crippen LogP contribution in [0.1, 0.15) is 64.6 Å². The molecule has 0 radical (unpaired) electrons. The predicted octanol–water partition coefficient (Wildman–Crippen LogP) is 2.82. The fourth-order valence-electron chi connectivity index (χ4n) is 3.98. The second-order valence-corrected chi connectivity index (χ2v) is 7.61. The summed E-state index contributed by atoms with van der Waals surface area (Å²) in [4.78, 5) is 22.6. The minimum atomic E-state index is -0.128. The zero-order valence-electron chi connectivity index (χ0n) is 14.2. The fourth-order valence-corrected chi connectivity index (χ4v) is 3.98. The summed E-state index contributed by atoms with van der Waals surface area (Å²) in [6.45, 7) is 7.69. The van der Waals surface area contributed by atoms with Gasteiger partial charge in [-0.15, -0.1) is 0 Å². The highest BCUT2D eigenvalue weighted by Gasteiger charge is 2.36. The van der Waals surface area contributed by atoms with E-state index in [1.807, 2.05) is 9.13 Å². The van der Waals surface area contributed by atoms with Gasteiger partial charge in [-0.25, -0.2) is 14.8 Å². The van der Waals surface area contributed by atoms with Crippen molar-refractivity contribution in [2.45, 2.75) is 77.4 Å². The zero-order valence-corrected chi connectivity index (χ0v) is 14.2. The Bertz CT molecular complexity index is 766. The molecule has 0 aromatic heterocycles. The Morgan fingerprint density at radius 2 is 2.00 bits per heavy atom. The first-order valence-electron chi connectivity index (χ1n) is 8.79. The second kappa shape index (κ2) is 5.08. The largest absolute Gasteiger partial charge is 0.363 e. The molecule has 0 atom stereocenters. The molecular formula is C17H25N5O. The maximum Gasteiger partial charge on any atom is 0.331 e. The van der Waals surface area contributed by atoms with Crippen LogP contribution in [0, 0.1) is 0 Å². The van der Waals surface area contributed by atoms with Crippen molar-refractivity contribution in [1.82, 2.24) is 19.1 Å². The van der Waals surface area contributed by atoms with Gasteiger partial charge in [0.05, 0.1) is 12.1 Å². The lowest BCUT2D eigenvalue weighted by Crippen LogP contribution is -2.33. The first-order valence-corrected chi connectivity index (χ1v) is 8.79. The molecule has 0 unspecified atom stereocenters. The van der Waals surface area contributed by atoms with Gasteiger partial charge >= 0.3 is 5.69 Å². The van der Waals surface area contributed by atoms with Crippen LogP contribution in [0.2, 0.25) is 0 Å². The molecule has 1 N–H and O–H groups in total. The first-order chi connectivity index (χ1) is 11.0. The van der Waals surface area contributed by atoms with Gasteiger partial charge in [-0.3, -0.25) is 9.13 Å². The van der Waals surface area contributed by atoms with Crippen LogP contribution in [0.4, 0.5) is 5.82 Å². The monoisotopic (exact) mass is 315 g/mol. The third-order valence-electron chi connectivity index (χ3n) is 5.05. The van der Waals surface area contributed by atoms with Crippen molar-refractivity contribution in [3.05, 3.63) is 16.3 Å². The number of imidazole rings is 1. The molecule has 0 aromatic rings. The third kappa shape index (κ3) is 2.26. The first kappa shape index (κ1) is 14.7. The summed E-state index contributed by atoms with van der Waals surface area (Å²) in [5.41, 5.74) is 0.771. The Hall–Kier alpha value is -1.85. The summed E-state index contributed by atoms with van der Waals surface area (Å²) in [5.74, 6) is 3.00. The smallest absolute Gasteiger partial charge is 0.331 e. The van der Waals surface area contributed by atoms with Gasteiger partial charge in [0.25, 0.3) is 0 Å². The molecule has 23 heavy (non-hydrogen) atoms. The van der Waals surface area contributed by atoms with Crippen LogP contribution in [0.3, 0.4) is 0 Å². The van der Waals surface area contributed by atoms with Crippen molar-refractivity contribution < 1.29 is 0 Å². The van der Waals surface area contributed by atoms with Crippen molar-refractivity contribution >= 4 is 5.82 Å². The second-order valence-electron chi connectivity index (χ2n) is 7.61. The maximum atomic E-state index is 12.9. The van der Waals surface area contributed by atoms with Crippen molar-refractivity contribution in [3.8, 4) is 11.5 Å². The quantitative estimate of drug-likeness (QED) is 0.946. The predicted molar refractivity (Wildman–Crippen MR) is 90.1 cm³/mol. The number of anilines is 1. The van der Waals surface area contributed by atoms with E-state index in [4.69, 9.17) is 9.97 Å². The van der Waals surface area contributed by atoms with Gasteiger partial charge in [0.2, 0.25) is 0 Å². The Balaban J connectivity index is 1.93. The molecule has 0 amide bonds. The van der Waals surface area contributed by atoms with Gasteiger partial charge in [0, 0.05) is 12.5 Å². The normalized spacial score (nSPS) is 20.1. The van der Waals surface area contributed by atoms with Crippen LogP contribution < -0.4 is 11.0 Å². The number of aromatic nitrogens is 4. The third-order valence-corrected chi connectivity index (χ3v) is 5.05. The van der Waals surface area contributed by atoms with E-state index < -0.39 is 0 Å². The molecule has 4 aliphatic rings. The van der Waals surface area contributed by atoms with Crippen LogP contribution in [-0.4, -0.2) is 24.6 Å². The highest BCUT2D eigenvalue weighted by Crippen LogP contribution is 2.38. The molecule has 1 aliphatic carbocycles. The van der Waals surface area contributed by atoms with Crippen molar-refractivity contribution in [2.24, 2.45) is 0 Å². The van der Waals surface area contributed by atoms with E-state index in [0.717, 1.165) is 29.6 Å². The Morgan fingerprint density at radius 1 is 1.26 bits per heavy atom. The van der Waals surface area contributed by atoms with Gasteiger partial charge in [0.1, 0.15) is 17.3 Å². The van der Waals surface area contributed by atoms with Crippen LogP contribution in [-0.2, 0) is 13.1 Å².